The van der Waals surface area contributed by atoms with E-state index in [0.717, 1.165) is 68.0 Å². The predicted molar refractivity (Wildman–Crippen MR) is 214 cm³/mol. The number of piperazine rings is 1. The highest BCUT2D eigenvalue weighted by Crippen LogP contribution is 2.53. The van der Waals surface area contributed by atoms with Crippen LogP contribution in [0.2, 0.25) is 0 Å². The van der Waals surface area contributed by atoms with E-state index in [2.05, 4.69) is 93.1 Å². The number of methoxy groups -OCH3 is 1. The lowest BCUT2D eigenvalue weighted by Gasteiger charge is -2.58. The maximum atomic E-state index is 12.0. The van der Waals surface area contributed by atoms with Crippen LogP contribution in [0.15, 0.2) is 91.3 Å². The van der Waals surface area contributed by atoms with Gasteiger partial charge in [0, 0.05) is 81.8 Å². The first-order chi connectivity index (χ1) is 26.4. The molecule has 3 aromatic carbocycles. The van der Waals surface area contributed by atoms with Gasteiger partial charge in [0.2, 0.25) is 0 Å². The minimum atomic E-state index is 0.374. The number of H-pyrrole nitrogens is 1. The average Bonchev–Trinajstić information content (AvgIpc) is 3.66. The topological polar surface area (TPSA) is 83.2 Å². The lowest BCUT2D eigenvalue weighted by molar-refractivity contribution is -0.0628. The third kappa shape index (κ3) is 7.76. The molecule has 0 bridgehead atoms. The molecule has 8 rings (SSSR count). The smallest absolute Gasteiger partial charge is 0.153 e. The molecule has 0 amide bonds. The molecule has 1 atom stereocenters. The summed E-state index contributed by atoms with van der Waals surface area (Å²) in [7, 11) is 1.70. The van der Waals surface area contributed by atoms with E-state index in [-0.39, 0.29) is 0 Å². The number of aromatic nitrogens is 2. The van der Waals surface area contributed by atoms with E-state index in [1.54, 1.807) is 13.3 Å². The van der Waals surface area contributed by atoms with Gasteiger partial charge in [-0.1, -0.05) is 50.2 Å². The Morgan fingerprint density at radius 1 is 0.926 bits per heavy atom. The molecule has 1 unspecified atom stereocenters. The van der Waals surface area contributed by atoms with Gasteiger partial charge in [-0.15, -0.1) is 0 Å². The molecular formula is C45H53N5O4. The number of anilines is 1. The number of benzene rings is 3. The molecule has 3 fully saturated rings. The van der Waals surface area contributed by atoms with Gasteiger partial charge >= 0.3 is 0 Å². The van der Waals surface area contributed by atoms with Crippen LogP contribution >= 0.6 is 0 Å². The molecule has 1 spiro atoms. The molecule has 0 radical (unpaired) electrons. The number of carbonyl (C=O) groups excluding carboxylic acids is 1. The third-order valence-corrected chi connectivity index (χ3v) is 12.1. The Morgan fingerprint density at radius 2 is 1.74 bits per heavy atom. The van der Waals surface area contributed by atoms with Gasteiger partial charge in [-0.25, -0.2) is 4.98 Å². The zero-order valence-corrected chi connectivity index (χ0v) is 31.9. The normalized spacial score (nSPS) is 19.3. The van der Waals surface area contributed by atoms with Gasteiger partial charge in [0.15, 0.2) is 6.29 Å². The second-order valence-corrected chi connectivity index (χ2v) is 15.8. The van der Waals surface area contributed by atoms with Crippen molar-refractivity contribution in [2.45, 2.75) is 64.1 Å². The van der Waals surface area contributed by atoms with Crippen molar-refractivity contribution in [2.75, 3.05) is 57.9 Å². The highest BCUT2D eigenvalue weighted by atomic mass is 16.5. The lowest BCUT2D eigenvalue weighted by atomic mass is 9.59. The van der Waals surface area contributed by atoms with Crippen molar-refractivity contribution in [3.8, 4) is 17.2 Å². The molecule has 5 aromatic rings. The molecule has 2 saturated heterocycles. The van der Waals surface area contributed by atoms with E-state index in [4.69, 9.17) is 14.2 Å². The molecule has 54 heavy (non-hydrogen) atoms. The average molecular weight is 728 g/mol. The van der Waals surface area contributed by atoms with Crippen molar-refractivity contribution >= 4 is 23.0 Å². The molecule has 2 aliphatic heterocycles. The number of piperidine rings is 1. The molecule has 4 heterocycles. The van der Waals surface area contributed by atoms with Crippen LogP contribution in [-0.4, -0.2) is 85.1 Å². The number of rotatable bonds is 13. The van der Waals surface area contributed by atoms with Gasteiger partial charge < -0.3 is 24.1 Å². The number of nitrogens with one attached hydrogen (secondary N) is 1. The number of nitrogens with zero attached hydrogens (tertiary/aromatic N) is 4. The number of aromatic amines is 1. The van der Waals surface area contributed by atoms with E-state index < -0.39 is 0 Å². The molecule has 2 aromatic heterocycles. The second kappa shape index (κ2) is 16.0. The van der Waals surface area contributed by atoms with E-state index >= 15 is 0 Å². The monoisotopic (exact) mass is 727 g/mol. The molecule has 1 N–H and O–H groups in total. The first-order valence-electron chi connectivity index (χ1n) is 19.6. The fourth-order valence-corrected chi connectivity index (χ4v) is 9.07. The zero-order valence-electron chi connectivity index (χ0n) is 31.9. The Balaban J connectivity index is 0.920. The van der Waals surface area contributed by atoms with Crippen molar-refractivity contribution < 1.29 is 19.0 Å². The molecule has 1 saturated carbocycles. The summed E-state index contributed by atoms with van der Waals surface area (Å²) in [6.45, 7) is 11.9. The SMILES string of the molecule is COCCOc1ccc(CN2CCN(C3CC4(CCN(c5ccc(C=O)c(Oc6cnc7[nH]ccc7c6)c5)CC4)C3)C(c3ccccc3C(C)C)C2)cc1. The Labute approximate surface area is 319 Å². The van der Waals surface area contributed by atoms with E-state index in [9.17, 15) is 4.79 Å². The summed E-state index contributed by atoms with van der Waals surface area (Å²) < 4.78 is 17.2. The quantitative estimate of drug-likeness (QED) is 0.0954. The summed E-state index contributed by atoms with van der Waals surface area (Å²) >= 11 is 0. The first kappa shape index (κ1) is 36.3. The Morgan fingerprint density at radius 3 is 2.52 bits per heavy atom. The maximum absolute atomic E-state index is 12.0. The summed E-state index contributed by atoms with van der Waals surface area (Å²) in [6.07, 6.45) is 9.32. The number of fused-ring (bicyclic) bond motifs is 1. The zero-order chi connectivity index (χ0) is 37.1. The number of ether oxygens (including phenoxy) is 3. The third-order valence-electron chi connectivity index (χ3n) is 12.1. The van der Waals surface area contributed by atoms with Crippen LogP contribution in [0.25, 0.3) is 11.0 Å². The molecule has 282 valence electrons. The summed E-state index contributed by atoms with van der Waals surface area (Å²) in [5.41, 5.74) is 7.14. The summed E-state index contributed by atoms with van der Waals surface area (Å²) in [4.78, 5) is 27.5. The number of aldehydes is 1. The van der Waals surface area contributed by atoms with Gasteiger partial charge in [0.05, 0.1) is 18.4 Å². The van der Waals surface area contributed by atoms with Crippen molar-refractivity contribution in [1.82, 2.24) is 19.8 Å². The fourth-order valence-electron chi connectivity index (χ4n) is 9.07. The molecular weight excluding hydrogens is 675 g/mol. The number of hydrogen-bond donors (Lipinski definition) is 1. The minimum Gasteiger partial charge on any atom is -0.491 e. The van der Waals surface area contributed by atoms with Crippen LogP contribution in [-0.2, 0) is 11.3 Å². The Bertz CT molecular complexity index is 2030. The fraction of sp³-hybridized carbons (Fsp3) is 0.422. The molecule has 3 aliphatic rings. The van der Waals surface area contributed by atoms with Gasteiger partial charge in [-0.3, -0.25) is 14.6 Å². The number of pyridine rings is 1. The van der Waals surface area contributed by atoms with Crippen LogP contribution in [0.1, 0.15) is 78.5 Å². The van der Waals surface area contributed by atoms with E-state index in [1.807, 2.05) is 30.5 Å². The van der Waals surface area contributed by atoms with Gasteiger partial charge in [-0.05, 0) is 90.1 Å². The summed E-state index contributed by atoms with van der Waals surface area (Å²) in [5, 5.41) is 0.972. The summed E-state index contributed by atoms with van der Waals surface area (Å²) in [6, 6.07) is 28.6. The number of carbonyl (C=O) groups is 1. The maximum Gasteiger partial charge on any atom is 0.153 e. The second-order valence-electron chi connectivity index (χ2n) is 15.8. The Kier molecular flexibility index (Phi) is 10.7. The first-order valence-corrected chi connectivity index (χ1v) is 19.6. The van der Waals surface area contributed by atoms with Crippen LogP contribution in [0.3, 0.4) is 0 Å². The minimum absolute atomic E-state index is 0.374. The van der Waals surface area contributed by atoms with Gasteiger partial charge in [0.25, 0.3) is 0 Å². The van der Waals surface area contributed by atoms with Crippen LogP contribution in [0.5, 0.6) is 17.2 Å². The predicted octanol–water partition coefficient (Wildman–Crippen LogP) is 8.62. The number of hydrogen-bond acceptors (Lipinski definition) is 8. The van der Waals surface area contributed by atoms with Crippen molar-refractivity contribution in [3.63, 3.8) is 0 Å². The van der Waals surface area contributed by atoms with E-state index in [0.29, 0.717) is 53.7 Å². The van der Waals surface area contributed by atoms with Gasteiger partial charge in [0.1, 0.15) is 29.5 Å². The van der Waals surface area contributed by atoms with Crippen molar-refractivity contribution in [3.05, 3.63) is 114 Å². The van der Waals surface area contributed by atoms with E-state index in [1.165, 1.54) is 42.4 Å². The van der Waals surface area contributed by atoms with Crippen molar-refractivity contribution in [2.24, 2.45) is 5.41 Å². The Hall–Kier alpha value is -4.70. The highest BCUT2D eigenvalue weighted by molar-refractivity contribution is 5.81. The van der Waals surface area contributed by atoms with Gasteiger partial charge in [-0.2, -0.15) is 0 Å². The highest BCUT2D eigenvalue weighted by Gasteiger charge is 2.50. The molecule has 1 aliphatic carbocycles. The van der Waals surface area contributed by atoms with Crippen LogP contribution in [0.4, 0.5) is 5.69 Å². The molecule has 9 nitrogen and oxygen atoms in total. The van der Waals surface area contributed by atoms with Crippen LogP contribution in [0, 0.1) is 5.41 Å². The lowest BCUT2D eigenvalue weighted by Crippen LogP contribution is -2.60. The van der Waals surface area contributed by atoms with Crippen molar-refractivity contribution in [1.29, 1.82) is 0 Å². The standard InChI is InChI=1S/C45H53N5O4/c1-32(2)40-6-4-5-7-41(40)42-30-48(29-33-8-12-38(13-9-33)53-23-22-52-3)20-21-50(42)37-26-45(27-37)15-18-49(19-16-45)36-11-10-35(31-51)43(25-36)54-39-24-34-14-17-46-44(34)47-28-39/h4-14,17,24-25,28,31-32,37,42H,15-16,18-23,26-27,29-30H2,1-3H3,(H,46,47). The largest absolute Gasteiger partial charge is 0.491 e. The summed E-state index contributed by atoms with van der Waals surface area (Å²) in [5.74, 6) is 2.56. The molecule has 9 heteroatoms. The van der Waals surface area contributed by atoms with Crippen LogP contribution < -0.4 is 14.4 Å².